The molecule has 172 valence electrons. The molecule has 6 nitrogen and oxygen atoms in total. The van der Waals surface area contributed by atoms with Gasteiger partial charge in [0.1, 0.15) is 5.75 Å². The number of aromatic nitrogens is 1. The highest BCUT2D eigenvalue weighted by Crippen LogP contribution is 2.34. The summed E-state index contributed by atoms with van der Waals surface area (Å²) in [6, 6.07) is 12.1. The summed E-state index contributed by atoms with van der Waals surface area (Å²) in [5.74, 6) is -0.118. The largest absolute Gasteiger partial charge is 0.496 e. The molecule has 1 aliphatic heterocycles. The number of aromatic amines is 1. The van der Waals surface area contributed by atoms with Gasteiger partial charge in [0.15, 0.2) is 0 Å². The Morgan fingerprint density at radius 3 is 2.38 bits per heavy atom. The second kappa shape index (κ2) is 11.3. The Bertz CT molecular complexity index is 1020. The smallest absolute Gasteiger partial charge is 0.335 e. The number of H-pyrrole nitrogens is 1. The van der Waals surface area contributed by atoms with E-state index >= 15 is 0 Å². The molecule has 4 rings (SSSR count). The molecule has 1 aromatic heterocycles. The highest BCUT2D eigenvalue weighted by atomic mass is 35.5. The molecule has 0 amide bonds. The van der Waals surface area contributed by atoms with Crippen LogP contribution in [-0.2, 0) is 6.54 Å². The number of carbonyl (C=O) groups is 1. The molecular weight excluding hydrogens is 440 g/mol. The fourth-order valence-electron chi connectivity index (χ4n) is 3.70. The zero-order chi connectivity index (χ0) is 23.1. The SMILES string of the molecule is COc1cc(Cl)c2[nH]ccc2c1CN1CCN(CC(F)F)CC1.O=C(O)c1ccccc1. The molecular formula is C23H26ClF2N3O3. The van der Waals surface area contributed by atoms with E-state index in [1.54, 1.807) is 37.4 Å². The predicted molar refractivity (Wildman–Crippen MR) is 121 cm³/mol. The number of benzene rings is 2. The van der Waals surface area contributed by atoms with Crippen LogP contribution in [0.3, 0.4) is 0 Å². The summed E-state index contributed by atoms with van der Waals surface area (Å²) < 4.78 is 30.4. The van der Waals surface area contributed by atoms with Gasteiger partial charge < -0.3 is 14.8 Å². The molecule has 2 N–H and O–H groups in total. The van der Waals surface area contributed by atoms with E-state index in [1.165, 1.54) is 0 Å². The number of rotatable bonds is 6. The molecule has 32 heavy (non-hydrogen) atoms. The standard InChI is InChI=1S/C16H20ClF2N3O.C7H6O2/c1-23-14-8-13(17)16-11(2-3-20-16)12(14)9-21-4-6-22(7-5-21)10-15(18)19;8-7(9)6-4-2-1-3-5-6/h2-3,8,15,20H,4-7,9-10H2,1H3;1-5H,(H,8,9). The lowest BCUT2D eigenvalue weighted by Crippen LogP contribution is -2.47. The van der Waals surface area contributed by atoms with Crippen molar-refractivity contribution in [1.82, 2.24) is 14.8 Å². The molecule has 2 heterocycles. The van der Waals surface area contributed by atoms with Crippen LogP contribution in [0.4, 0.5) is 8.78 Å². The van der Waals surface area contributed by atoms with Gasteiger partial charge in [-0.15, -0.1) is 0 Å². The van der Waals surface area contributed by atoms with Crippen molar-refractivity contribution in [2.45, 2.75) is 13.0 Å². The molecule has 0 atom stereocenters. The maximum absolute atomic E-state index is 12.5. The van der Waals surface area contributed by atoms with Crippen LogP contribution in [0.1, 0.15) is 15.9 Å². The summed E-state index contributed by atoms with van der Waals surface area (Å²) in [6.07, 6.45) is -0.405. The van der Waals surface area contributed by atoms with Crippen molar-refractivity contribution in [1.29, 1.82) is 0 Å². The van der Waals surface area contributed by atoms with Gasteiger partial charge in [-0.2, -0.15) is 0 Å². The number of carboxylic acids is 1. The second-order valence-corrected chi connectivity index (χ2v) is 7.85. The van der Waals surface area contributed by atoms with Crippen molar-refractivity contribution in [3.8, 4) is 5.75 Å². The molecule has 1 aliphatic rings. The Hall–Kier alpha value is -2.68. The van der Waals surface area contributed by atoms with Crippen molar-refractivity contribution < 1.29 is 23.4 Å². The number of halogens is 3. The van der Waals surface area contributed by atoms with Crippen LogP contribution < -0.4 is 4.74 Å². The molecule has 1 fully saturated rings. The van der Waals surface area contributed by atoms with Crippen molar-refractivity contribution >= 4 is 28.5 Å². The monoisotopic (exact) mass is 465 g/mol. The van der Waals surface area contributed by atoms with Crippen LogP contribution in [0.5, 0.6) is 5.75 Å². The van der Waals surface area contributed by atoms with Crippen molar-refractivity contribution in [2.24, 2.45) is 0 Å². The third-order valence-electron chi connectivity index (χ3n) is 5.35. The van der Waals surface area contributed by atoms with Gasteiger partial charge in [0.2, 0.25) is 0 Å². The molecule has 9 heteroatoms. The van der Waals surface area contributed by atoms with E-state index in [0.29, 0.717) is 23.7 Å². The summed E-state index contributed by atoms with van der Waals surface area (Å²) in [5, 5.41) is 10.1. The van der Waals surface area contributed by atoms with Gasteiger partial charge in [0, 0.05) is 55.9 Å². The molecule has 0 saturated carbocycles. The number of fused-ring (bicyclic) bond motifs is 1. The Kier molecular flexibility index (Phi) is 8.44. The summed E-state index contributed by atoms with van der Waals surface area (Å²) >= 11 is 6.26. The number of nitrogens with zero attached hydrogens (tertiary/aromatic N) is 2. The van der Waals surface area contributed by atoms with Gasteiger partial charge in [0.05, 0.1) is 29.8 Å². The lowest BCUT2D eigenvalue weighted by Gasteiger charge is -2.34. The summed E-state index contributed by atoms with van der Waals surface area (Å²) in [5.41, 5.74) is 2.31. The highest BCUT2D eigenvalue weighted by Gasteiger charge is 2.22. The highest BCUT2D eigenvalue weighted by molar-refractivity contribution is 6.35. The van der Waals surface area contributed by atoms with Gasteiger partial charge >= 0.3 is 5.97 Å². The minimum Gasteiger partial charge on any atom is -0.496 e. The maximum atomic E-state index is 12.5. The van der Waals surface area contributed by atoms with E-state index < -0.39 is 12.4 Å². The van der Waals surface area contributed by atoms with E-state index in [2.05, 4.69) is 9.88 Å². The van der Waals surface area contributed by atoms with Gasteiger partial charge in [-0.05, 0) is 18.2 Å². The first-order valence-electron chi connectivity index (χ1n) is 10.2. The molecule has 1 saturated heterocycles. The minimum atomic E-state index is -2.27. The maximum Gasteiger partial charge on any atom is 0.335 e. The number of ether oxygens (including phenoxy) is 1. The molecule has 0 aliphatic carbocycles. The van der Waals surface area contributed by atoms with Gasteiger partial charge in [-0.3, -0.25) is 9.80 Å². The van der Waals surface area contributed by atoms with Crippen molar-refractivity contribution in [3.05, 3.63) is 64.8 Å². The first-order chi connectivity index (χ1) is 15.4. The summed E-state index contributed by atoms with van der Waals surface area (Å²) in [6.45, 7) is 3.44. The topological polar surface area (TPSA) is 68.8 Å². The number of piperazine rings is 1. The molecule has 0 bridgehead atoms. The molecule has 0 spiro atoms. The number of methoxy groups -OCH3 is 1. The molecule has 2 aromatic carbocycles. The van der Waals surface area contributed by atoms with Crippen LogP contribution >= 0.6 is 11.6 Å². The Labute approximate surface area is 190 Å². The zero-order valence-electron chi connectivity index (χ0n) is 17.7. The van der Waals surface area contributed by atoms with E-state index in [0.717, 1.165) is 41.9 Å². The molecule has 3 aromatic rings. The van der Waals surface area contributed by atoms with E-state index in [-0.39, 0.29) is 6.54 Å². The quantitative estimate of drug-likeness (QED) is 0.557. The lowest BCUT2D eigenvalue weighted by atomic mass is 10.1. The summed E-state index contributed by atoms with van der Waals surface area (Å²) in [4.78, 5) is 17.4. The number of carboxylic acid groups (broad SMARTS) is 1. The van der Waals surface area contributed by atoms with Crippen LogP contribution in [0.15, 0.2) is 48.7 Å². The summed E-state index contributed by atoms with van der Waals surface area (Å²) in [7, 11) is 1.63. The van der Waals surface area contributed by atoms with Crippen LogP contribution in [-0.4, -0.2) is 72.1 Å². The van der Waals surface area contributed by atoms with Crippen LogP contribution in [0.2, 0.25) is 5.02 Å². The lowest BCUT2D eigenvalue weighted by molar-refractivity contribution is 0.0542. The second-order valence-electron chi connectivity index (χ2n) is 7.44. The van der Waals surface area contributed by atoms with Crippen molar-refractivity contribution in [2.75, 3.05) is 39.8 Å². The van der Waals surface area contributed by atoms with Gasteiger partial charge in [-0.25, -0.2) is 13.6 Å². The number of alkyl halides is 2. The predicted octanol–water partition coefficient (Wildman–Crippen LogP) is 4.60. The minimum absolute atomic E-state index is 0.139. The zero-order valence-corrected chi connectivity index (χ0v) is 18.5. The Morgan fingerprint density at radius 1 is 1.16 bits per heavy atom. The normalized spacial score (nSPS) is 14.9. The van der Waals surface area contributed by atoms with E-state index in [9.17, 15) is 13.6 Å². The van der Waals surface area contributed by atoms with Crippen LogP contribution in [0.25, 0.3) is 10.9 Å². The van der Waals surface area contributed by atoms with Crippen molar-refractivity contribution in [3.63, 3.8) is 0 Å². The van der Waals surface area contributed by atoms with E-state index in [1.807, 2.05) is 23.2 Å². The average Bonchev–Trinajstić information content (AvgIpc) is 3.28. The van der Waals surface area contributed by atoms with Crippen LogP contribution in [0, 0.1) is 0 Å². The number of nitrogens with one attached hydrogen (secondary N) is 1. The molecule has 0 radical (unpaired) electrons. The first-order valence-corrected chi connectivity index (χ1v) is 10.6. The number of aromatic carboxylic acids is 1. The number of hydrogen-bond acceptors (Lipinski definition) is 4. The average molecular weight is 466 g/mol. The van der Waals surface area contributed by atoms with Gasteiger partial charge in [-0.1, -0.05) is 29.8 Å². The van der Waals surface area contributed by atoms with Gasteiger partial charge in [0.25, 0.3) is 6.43 Å². The fraction of sp³-hybridized carbons (Fsp3) is 0.348. The first kappa shape index (κ1) is 24.0. The third kappa shape index (κ3) is 6.18. The molecule has 0 unspecified atom stereocenters. The Balaban J connectivity index is 0.000000269. The van der Waals surface area contributed by atoms with E-state index in [4.69, 9.17) is 21.4 Å². The third-order valence-corrected chi connectivity index (χ3v) is 5.65. The number of hydrogen-bond donors (Lipinski definition) is 2. The Morgan fingerprint density at radius 2 is 1.81 bits per heavy atom. The fourth-order valence-corrected chi connectivity index (χ4v) is 3.96.